The topological polar surface area (TPSA) is 66.5 Å². The van der Waals surface area contributed by atoms with Gasteiger partial charge in [0.1, 0.15) is 5.82 Å². The van der Waals surface area contributed by atoms with E-state index in [1.807, 2.05) is 6.92 Å². The Kier molecular flexibility index (Phi) is 7.95. The average molecular weight is 560 g/mol. The molecule has 168 valence electrons. The summed E-state index contributed by atoms with van der Waals surface area (Å²) in [6, 6.07) is 15.2. The summed E-state index contributed by atoms with van der Waals surface area (Å²) in [5.41, 5.74) is 1.17. The van der Waals surface area contributed by atoms with E-state index < -0.39 is 28.3 Å². The molecule has 3 rings (SSSR count). The summed E-state index contributed by atoms with van der Waals surface area (Å²) in [4.78, 5) is 12.7. The second kappa shape index (κ2) is 10.3. The minimum absolute atomic E-state index is 0.00824. The van der Waals surface area contributed by atoms with Gasteiger partial charge in [-0.15, -0.1) is 0 Å². The van der Waals surface area contributed by atoms with E-state index in [-0.39, 0.29) is 27.2 Å². The van der Waals surface area contributed by atoms with Crippen LogP contribution in [0, 0.1) is 12.7 Å². The lowest BCUT2D eigenvalue weighted by molar-refractivity contribution is -0.116. The van der Waals surface area contributed by atoms with Gasteiger partial charge in [-0.2, -0.15) is 4.31 Å². The van der Waals surface area contributed by atoms with E-state index in [2.05, 4.69) is 21.2 Å². The van der Waals surface area contributed by atoms with Crippen molar-refractivity contribution >= 4 is 60.7 Å². The Hall–Kier alpha value is -1.97. The molecule has 3 aromatic carbocycles. The second-order valence-corrected chi connectivity index (χ2v) is 10.6. The number of aryl methyl sites for hydroxylation is 1. The monoisotopic (exact) mass is 558 g/mol. The van der Waals surface area contributed by atoms with Gasteiger partial charge in [0.25, 0.3) is 0 Å². The summed E-state index contributed by atoms with van der Waals surface area (Å²) < 4.78 is 42.3. The van der Waals surface area contributed by atoms with Crippen molar-refractivity contribution in [1.29, 1.82) is 0 Å². The van der Waals surface area contributed by atoms with Crippen LogP contribution in [0.5, 0.6) is 0 Å². The molecule has 0 atom stereocenters. The number of nitrogens with one attached hydrogen (secondary N) is 1. The lowest BCUT2D eigenvalue weighted by Crippen LogP contribution is -2.37. The van der Waals surface area contributed by atoms with Gasteiger partial charge in [-0.3, -0.25) is 4.79 Å². The molecule has 0 aliphatic rings. The van der Waals surface area contributed by atoms with E-state index in [0.717, 1.165) is 9.87 Å². The number of amides is 1. The quantitative estimate of drug-likeness (QED) is 0.384. The van der Waals surface area contributed by atoms with Gasteiger partial charge in [0.2, 0.25) is 15.9 Å². The van der Waals surface area contributed by atoms with Gasteiger partial charge in [-0.1, -0.05) is 62.9 Å². The van der Waals surface area contributed by atoms with Crippen molar-refractivity contribution in [2.24, 2.45) is 0 Å². The minimum atomic E-state index is -4.10. The molecule has 0 bridgehead atoms. The largest absolute Gasteiger partial charge is 0.322 e. The lowest BCUT2D eigenvalue weighted by Gasteiger charge is -2.23. The van der Waals surface area contributed by atoms with Crippen LogP contribution in [0.3, 0.4) is 0 Å². The SMILES string of the molecule is Cc1ccc(S(=O)(=O)N(CC(=O)Nc2ccc(Br)cc2F)Cc2c(Cl)cccc2Cl)cc1. The second-order valence-electron chi connectivity index (χ2n) is 6.96. The Morgan fingerprint density at radius 2 is 1.69 bits per heavy atom. The molecule has 3 aromatic rings. The number of carbonyl (C=O) groups excluding carboxylic acids is 1. The molecule has 0 unspecified atom stereocenters. The molecule has 1 amide bonds. The molecule has 0 radical (unpaired) electrons. The number of nitrogens with zero attached hydrogens (tertiary/aromatic N) is 1. The highest BCUT2D eigenvalue weighted by Crippen LogP contribution is 2.28. The Balaban J connectivity index is 1.94. The molecule has 0 aromatic heterocycles. The predicted molar refractivity (Wildman–Crippen MR) is 128 cm³/mol. The van der Waals surface area contributed by atoms with Gasteiger partial charge in [0.05, 0.1) is 17.1 Å². The highest BCUT2D eigenvalue weighted by Gasteiger charge is 2.28. The van der Waals surface area contributed by atoms with Crippen LogP contribution in [-0.2, 0) is 21.4 Å². The van der Waals surface area contributed by atoms with Crippen molar-refractivity contribution in [2.45, 2.75) is 18.4 Å². The van der Waals surface area contributed by atoms with Crippen LogP contribution in [0.1, 0.15) is 11.1 Å². The average Bonchev–Trinajstić information content (AvgIpc) is 2.72. The third-order valence-electron chi connectivity index (χ3n) is 4.58. The molecule has 10 heteroatoms. The first-order chi connectivity index (χ1) is 15.1. The van der Waals surface area contributed by atoms with Gasteiger partial charge < -0.3 is 5.32 Å². The number of anilines is 1. The maximum absolute atomic E-state index is 14.1. The molecule has 5 nitrogen and oxygen atoms in total. The smallest absolute Gasteiger partial charge is 0.243 e. The molecule has 0 fully saturated rings. The number of hydrogen-bond acceptors (Lipinski definition) is 3. The maximum Gasteiger partial charge on any atom is 0.243 e. The molecule has 0 saturated heterocycles. The fraction of sp³-hybridized carbons (Fsp3) is 0.136. The number of sulfonamides is 1. The summed E-state index contributed by atoms with van der Waals surface area (Å²) in [7, 11) is -4.10. The van der Waals surface area contributed by atoms with E-state index in [1.165, 1.54) is 24.3 Å². The lowest BCUT2D eigenvalue weighted by atomic mass is 10.2. The van der Waals surface area contributed by atoms with Crippen molar-refractivity contribution < 1.29 is 17.6 Å². The Labute approximate surface area is 204 Å². The normalized spacial score (nSPS) is 11.6. The van der Waals surface area contributed by atoms with Gasteiger partial charge in [0.15, 0.2) is 0 Å². The number of hydrogen-bond donors (Lipinski definition) is 1. The molecule has 0 aliphatic heterocycles. The predicted octanol–water partition coefficient (Wildman–Crippen LogP) is 6.03. The van der Waals surface area contributed by atoms with Gasteiger partial charge in [-0.25, -0.2) is 12.8 Å². The molecule has 32 heavy (non-hydrogen) atoms. The van der Waals surface area contributed by atoms with Crippen LogP contribution in [-0.4, -0.2) is 25.2 Å². The summed E-state index contributed by atoms with van der Waals surface area (Å²) in [6.07, 6.45) is 0. The highest BCUT2D eigenvalue weighted by atomic mass is 79.9. The first kappa shape index (κ1) is 24.7. The molecule has 0 heterocycles. The molecular formula is C22H18BrCl2FN2O3S. The first-order valence-electron chi connectivity index (χ1n) is 9.32. The van der Waals surface area contributed by atoms with E-state index in [1.54, 1.807) is 36.4 Å². The minimum Gasteiger partial charge on any atom is -0.322 e. The standard InChI is InChI=1S/C22H18BrCl2FN2O3S/c1-14-5-8-16(9-6-14)32(30,31)28(12-17-18(24)3-2-4-19(17)25)13-22(29)27-21-10-7-15(23)11-20(21)26/h2-11H,12-13H2,1H3,(H,27,29). The third-order valence-corrected chi connectivity index (χ3v) is 7.59. The van der Waals surface area contributed by atoms with Crippen LogP contribution in [0.25, 0.3) is 0 Å². The van der Waals surface area contributed by atoms with Crippen LogP contribution in [0.15, 0.2) is 70.0 Å². The summed E-state index contributed by atoms with van der Waals surface area (Å²) in [5, 5.41) is 2.94. The van der Waals surface area contributed by atoms with Gasteiger partial charge >= 0.3 is 0 Å². The first-order valence-corrected chi connectivity index (χ1v) is 12.3. The zero-order valence-electron chi connectivity index (χ0n) is 16.8. The van der Waals surface area contributed by atoms with E-state index in [9.17, 15) is 17.6 Å². The third kappa shape index (κ3) is 5.88. The number of rotatable bonds is 7. The fourth-order valence-electron chi connectivity index (χ4n) is 2.89. The number of benzene rings is 3. The Morgan fingerprint density at radius 1 is 1.06 bits per heavy atom. The molecule has 0 aliphatic carbocycles. The van der Waals surface area contributed by atoms with Crippen molar-refractivity contribution in [1.82, 2.24) is 4.31 Å². The van der Waals surface area contributed by atoms with Crippen molar-refractivity contribution in [3.63, 3.8) is 0 Å². The Morgan fingerprint density at radius 3 is 2.28 bits per heavy atom. The molecule has 0 saturated carbocycles. The van der Waals surface area contributed by atoms with Crippen LogP contribution >= 0.6 is 39.1 Å². The number of carbonyl (C=O) groups is 1. The van der Waals surface area contributed by atoms with Gasteiger partial charge in [0, 0.05) is 26.6 Å². The fourth-order valence-corrected chi connectivity index (χ4v) is 5.10. The molecule has 1 N–H and O–H groups in total. The molecular weight excluding hydrogens is 542 g/mol. The number of halogens is 4. The van der Waals surface area contributed by atoms with Crippen LogP contribution < -0.4 is 5.32 Å². The maximum atomic E-state index is 14.1. The summed E-state index contributed by atoms with van der Waals surface area (Å²) >= 11 is 15.6. The highest BCUT2D eigenvalue weighted by molar-refractivity contribution is 9.10. The van der Waals surface area contributed by atoms with Crippen molar-refractivity contribution in [3.8, 4) is 0 Å². The van der Waals surface area contributed by atoms with Crippen molar-refractivity contribution in [3.05, 3.63) is 92.1 Å². The van der Waals surface area contributed by atoms with Crippen molar-refractivity contribution in [2.75, 3.05) is 11.9 Å². The Bertz CT molecular complexity index is 1230. The summed E-state index contributed by atoms with van der Waals surface area (Å²) in [6.45, 7) is 1.01. The zero-order chi connectivity index (χ0) is 23.5. The van der Waals surface area contributed by atoms with Gasteiger partial charge in [-0.05, 0) is 49.4 Å². The zero-order valence-corrected chi connectivity index (χ0v) is 20.7. The van der Waals surface area contributed by atoms with E-state index in [0.29, 0.717) is 10.0 Å². The summed E-state index contributed by atoms with van der Waals surface area (Å²) in [5.74, 6) is -1.38. The van der Waals surface area contributed by atoms with E-state index in [4.69, 9.17) is 23.2 Å². The van der Waals surface area contributed by atoms with Crippen LogP contribution in [0.2, 0.25) is 10.0 Å². The molecule has 0 spiro atoms. The van der Waals surface area contributed by atoms with Crippen LogP contribution in [0.4, 0.5) is 10.1 Å². The van der Waals surface area contributed by atoms with E-state index >= 15 is 0 Å².